The molecule has 0 aliphatic carbocycles. The van der Waals surface area contributed by atoms with Gasteiger partial charge in [0, 0.05) is 0 Å². The number of methoxy groups -OCH3 is 1. The minimum Gasteiger partial charge on any atom is -0.465 e. The quantitative estimate of drug-likeness (QED) is 0.593. The van der Waals surface area contributed by atoms with E-state index in [1.54, 1.807) is 29.5 Å². The van der Waals surface area contributed by atoms with Crippen LogP contribution in [-0.4, -0.2) is 18.1 Å². The number of nitrogens with one attached hydrogen (secondary N) is 1. The Bertz CT molecular complexity index is 934. The maximum absolute atomic E-state index is 11.8. The molecule has 0 atom stereocenters. The van der Waals surface area contributed by atoms with Crippen molar-refractivity contribution in [3.63, 3.8) is 0 Å². The minimum atomic E-state index is -0.402. The summed E-state index contributed by atoms with van der Waals surface area (Å²) in [7, 11) is 1.36. The first-order valence-electron chi connectivity index (χ1n) is 7.02. The van der Waals surface area contributed by atoms with E-state index in [2.05, 4.69) is 15.5 Å². The van der Waals surface area contributed by atoms with Crippen LogP contribution in [0, 0.1) is 6.92 Å². The van der Waals surface area contributed by atoms with E-state index in [1.165, 1.54) is 7.11 Å². The summed E-state index contributed by atoms with van der Waals surface area (Å²) in [6.07, 6.45) is 0. The number of aryl methyl sites for hydroxylation is 1. The van der Waals surface area contributed by atoms with Crippen molar-refractivity contribution >= 4 is 33.2 Å². The Morgan fingerprint density at radius 3 is 2.74 bits per heavy atom. The van der Waals surface area contributed by atoms with Gasteiger partial charge in [-0.05, 0) is 31.2 Å². The van der Waals surface area contributed by atoms with Gasteiger partial charge in [0.05, 0.1) is 34.3 Å². The van der Waals surface area contributed by atoms with E-state index in [4.69, 9.17) is 4.74 Å². The molecule has 0 amide bonds. The first-order chi connectivity index (χ1) is 11.2. The Morgan fingerprint density at radius 2 is 1.91 bits per heavy atom. The minimum absolute atomic E-state index is 0.402. The standard InChI is InChI=1S/C17H15N3O2S/c1-11-16(23-15-10-6-5-9-14(15)18-11)20-19-13-8-4-3-7-12(13)17(21)22-2/h3-10,19H,1-2H3/b20-16+. The molecule has 0 saturated heterocycles. The average molecular weight is 325 g/mol. The van der Waals surface area contributed by atoms with Crippen LogP contribution in [0.3, 0.4) is 0 Å². The number of fused-ring (bicyclic) bond motifs is 1. The van der Waals surface area contributed by atoms with Crippen LogP contribution in [0.5, 0.6) is 0 Å². The van der Waals surface area contributed by atoms with Gasteiger partial charge in [-0.25, -0.2) is 9.78 Å². The zero-order chi connectivity index (χ0) is 16.2. The molecular formula is C17H15N3O2S. The Kier molecular flexibility index (Phi) is 4.34. The highest BCUT2D eigenvalue weighted by Crippen LogP contribution is 2.16. The van der Waals surface area contributed by atoms with Gasteiger partial charge in [0.1, 0.15) is 0 Å². The van der Waals surface area contributed by atoms with Crippen LogP contribution in [0.1, 0.15) is 16.1 Å². The van der Waals surface area contributed by atoms with E-state index in [0.717, 1.165) is 20.6 Å². The van der Waals surface area contributed by atoms with Crippen LogP contribution in [0.2, 0.25) is 0 Å². The molecule has 3 rings (SSSR count). The lowest BCUT2D eigenvalue weighted by Crippen LogP contribution is -2.10. The summed E-state index contributed by atoms with van der Waals surface area (Å²) in [6.45, 7) is 1.91. The zero-order valence-corrected chi connectivity index (χ0v) is 13.6. The fourth-order valence-electron chi connectivity index (χ4n) is 2.13. The Morgan fingerprint density at radius 1 is 1.17 bits per heavy atom. The predicted octanol–water partition coefficient (Wildman–Crippen LogP) is 3.32. The lowest BCUT2D eigenvalue weighted by Gasteiger charge is -2.06. The van der Waals surface area contributed by atoms with Gasteiger partial charge in [0.15, 0.2) is 4.67 Å². The van der Waals surface area contributed by atoms with Crippen molar-refractivity contribution in [3.8, 4) is 0 Å². The molecule has 0 radical (unpaired) electrons. The van der Waals surface area contributed by atoms with Crippen molar-refractivity contribution in [2.24, 2.45) is 5.10 Å². The molecule has 1 N–H and O–H groups in total. The number of esters is 1. The van der Waals surface area contributed by atoms with Gasteiger partial charge in [-0.1, -0.05) is 24.3 Å². The summed E-state index contributed by atoms with van der Waals surface area (Å²) in [5, 5.41) is 4.40. The molecule has 0 bridgehead atoms. The number of benzene rings is 2. The number of aromatic nitrogens is 1. The number of carbonyl (C=O) groups excluding carboxylic acids is 1. The molecule has 0 aliphatic rings. The van der Waals surface area contributed by atoms with E-state index >= 15 is 0 Å². The fraction of sp³-hybridized carbons (Fsp3) is 0.118. The van der Waals surface area contributed by atoms with E-state index < -0.39 is 5.97 Å². The Labute approximate surface area is 137 Å². The maximum Gasteiger partial charge on any atom is 0.340 e. The number of ether oxygens (including phenoxy) is 1. The molecule has 23 heavy (non-hydrogen) atoms. The first-order valence-corrected chi connectivity index (χ1v) is 7.84. The first kappa shape index (κ1) is 15.2. The van der Waals surface area contributed by atoms with Gasteiger partial charge in [-0.3, -0.25) is 5.43 Å². The van der Waals surface area contributed by atoms with E-state index in [9.17, 15) is 4.79 Å². The van der Waals surface area contributed by atoms with Gasteiger partial charge in [0.2, 0.25) is 0 Å². The molecule has 1 heterocycles. The van der Waals surface area contributed by atoms with Crippen LogP contribution in [0.25, 0.3) is 10.2 Å². The number of hydrogen-bond donors (Lipinski definition) is 1. The zero-order valence-electron chi connectivity index (χ0n) is 12.7. The van der Waals surface area contributed by atoms with Crippen molar-refractivity contribution in [2.45, 2.75) is 6.92 Å². The van der Waals surface area contributed by atoms with E-state index in [0.29, 0.717) is 11.3 Å². The molecular weight excluding hydrogens is 310 g/mol. The molecule has 0 unspecified atom stereocenters. The van der Waals surface area contributed by atoms with Gasteiger partial charge in [-0.15, -0.1) is 11.3 Å². The van der Waals surface area contributed by atoms with Crippen LogP contribution < -0.4 is 10.1 Å². The summed E-state index contributed by atoms with van der Waals surface area (Å²) >= 11 is 1.54. The highest BCUT2D eigenvalue weighted by Gasteiger charge is 2.10. The van der Waals surface area contributed by atoms with Crippen LogP contribution in [0.15, 0.2) is 53.6 Å². The van der Waals surface area contributed by atoms with E-state index in [-0.39, 0.29) is 0 Å². The highest BCUT2D eigenvalue weighted by atomic mass is 32.1. The summed E-state index contributed by atoms with van der Waals surface area (Å²) < 4.78 is 6.60. The number of para-hydroxylation sites is 2. The van der Waals surface area contributed by atoms with Crippen LogP contribution in [0.4, 0.5) is 5.69 Å². The molecule has 6 heteroatoms. The second kappa shape index (κ2) is 6.58. The number of carbonyl (C=O) groups is 1. The molecule has 1 aromatic heterocycles. The second-order valence-electron chi connectivity index (χ2n) is 4.83. The summed E-state index contributed by atoms with van der Waals surface area (Å²) in [6, 6.07) is 15.0. The third-order valence-corrected chi connectivity index (χ3v) is 4.43. The molecule has 0 saturated carbocycles. The third kappa shape index (κ3) is 3.22. The van der Waals surface area contributed by atoms with Crippen molar-refractivity contribution in [1.82, 2.24) is 4.98 Å². The predicted molar refractivity (Wildman–Crippen MR) is 91.3 cm³/mol. The number of rotatable bonds is 3. The van der Waals surface area contributed by atoms with Crippen molar-refractivity contribution in [3.05, 3.63) is 64.5 Å². The topological polar surface area (TPSA) is 63.6 Å². The number of anilines is 1. The van der Waals surface area contributed by atoms with Crippen molar-refractivity contribution < 1.29 is 9.53 Å². The molecule has 116 valence electrons. The lowest BCUT2D eigenvalue weighted by atomic mass is 10.2. The number of hydrogen-bond acceptors (Lipinski definition) is 6. The number of nitrogens with zero attached hydrogens (tertiary/aromatic N) is 2. The Balaban J connectivity index is 2.01. The van der Waals surface area contributed by atoms with Crippen molar-refractivity contribution in [1.29, 1.82) is 0 Å². The third-order valence-electron chi connectivity index (χ3n) is 3.28. The molecule has 2 aromatic carbocycles. The lowest BCUT2D eigenvalue weighted by molar-refractivity contribution is 0.0602. The molecule has 5 nitrogen and oxygen atoms in total. The van der Waals surface area contributed by atoms with Crippen LogP contribution in [-0.2, 0) is 4.74 Å². The highest BCUT2D eigenvalue weighted by molar-refractivity contribution is 7.16. The maximum atomic E-state index is 11.8. The Hall–Kier alpha value is -2.73. The molecule has 0 aliphatic heterocycles. The van der Waals surface area contributed by atoms with Crippen LogP contribution >= 0.6 is 11.3 Å². The second-order valence-corrected chi connectivity index (χ2v) is 5.86. The fourth-order valence-corrected chi connectivity index (χ4v) is 2.98. The normalized spacial score (nSPS) is 11.5. The van der Waals surface area contributed by atoms with Crippen molar-refractivity contribution in [2.75, 3.05) is 12.5 Å². The summed E-state index contributed by atoms with van der Waals surface area (Å²) in [5.41, 5.74) is 5.76. The average Bonchev–Trinajstić information content (AvgIpc) is 2.59. The summed E-state index contributed by atoms with van der Waals surface area (Å²) in [5.74, 6) is -0.402. The monoisotopic (exact) mass is 325 g/mol. The van der Waals surface area contributed by atoms with E-state index in [1.807, 2.05) is 37.3 Å². The smallest absolute Gasteiger partial charge is 0.340 e. The SMILES string of the molecule is COC(=O)c1ccccc1N/N=c1/sc2ccccc2nc1C. The van der Waals surface area contributed by atoms with Gasteiger partial charge < -0.3 is 4.74 Å². The van der Waals surface area contributed by atoms with Gasteiger partial charge >= 0.3 is 5.97 Å². The van der Waals surface area contributed by atoms with Gasteiger partial charge in [0.25, 0.3) is 0 Å². The molecule has 3 aromatic rings. The largest absolute Gasteiger partial charge is 0.465 e. The molecule has 0 spiro atoms. The molecule has 0 fully saturated rings. The van der Waals surface area contributed by atoms with Gasteiger partial charge in [-0.2, -0.15) is 5.10 Å². The summed E-state index contributed by atoms with van der Waals surface area (Å²) in [4.78, 5) is 16.3.